The standard InChI is InChI=1S/C15H21N5OS/c1-15(2,3)14-18-10(9-22-14)7-8-17-12-6-5-11(19-20-12)13(21)16-4/h5-6,9H,7-8H2,1-4H3,(H,16,21)(H,17,20). The number of nitrogens with zero attached hydrogens (tertiary/aromatic N) is 3. The molecule has 0 saturated carbocycles. The number of anilines is 1. The summed E-state index contributed by atoms with van der Waals surface area (Å²) in [6.07, 6.45) is 0.825. The molecule has 22 heavy (non-hydrogen) atoms. The highest BCUT2D eigenvalue weighted by Crippen LogP contribution is 2.25. The lowest BCUT2D eigenvalue weighted by atomic mass is 9.98. The maximum absolute atomic E-state index is 11.4. The van der Waals surface area contributed by atoms with Crippen molar-refractivity contribution in [3.05, 3.63) is 33.9 Å². The van der Waals surface area contributed by atoms with Crippen LogP contribution in [-0.2, 0) is 11.8 Å². The first kappa shape index (κ1) is 16.4. The molecule has 2 aromatic heterocycles. The second kappa shape index (κ2) is 6.83. The second-order valence-corrected chi connectivity index (χ2v) is 6.81. The van der Waals surface area contributed by atoms with Crippen molar-refractivity contribution in [1.82, 2.24) is 20.5 Å². The minimum Gasteiger partial charge on any atom is -0.368 e. The Hall–Kier alpha value is -2.02. The summed E-state index contributed by atoms with van der Waals surface area (Å²) in [5.74, 6) is 0.412. The number of rotatable bonds is 5. The van der Waals surface area contributed by atoms with Gasteiger partial charge >= 0.3 is 0 Å². The fourth-order valence-corrected chi connectivity index (χ4v) is 2.70. The molecular weight excluding hydrogens is 298 g/mol. The third-order valence-corrected chi connectivity index (χ3v) is 4.32. The molecule has 0 saturated heterocycles. The Balaban J connectivity index is 1.86. The summed E-state index contributed by atoms with van der Waals surface area (Å²) in [5, 5.41) is 16.8. The van der Waals surface area contributed by atoms with E-state index in [1.54, 1.807) is 30.5 Å². The van der Waals surface area contributed by atoms with Gasteiger partial charge in [0, 0.05) is 30.8 Å². The molecule has 118 valence electrons. The highest BCUT2D eigenvalue weighted by molar-refractivity contribution is 7.09. The summed E-state index contributed by atoms with van der Waals surface area (Å²) in [7, 11) is 1.57. The van der Waals surface area contributed by atoms with Gasteiger partial charge in [-0.15, -0.1) is 21.5 Å². The molecule has 6 nitrogen and oxygen atoms in total. The van der Waals surface area contributed by atoms with Crippen LogP contribution in [0.1, 0.15) is 42.0 Å². The van der Waals surface area contributed by atoms with E-state index < -0.39 is 0 Å². The van der Waals surface area contributed by atoms with Crippen molar-refractivity contribution < 1.29 is 4.79 Å². The van der Waals surface area contributed by atoms with Crippen LogP contribution in [0.2, 0.25) is 0 Å². The number of hydrogen-bond donors (Lipinski definition) is 2. The molecule has 0 spiro atoms. The van der Waals surface area contributed by atoms with E-state index in [0.29, 0.717) is 11.5 Å². The molecule has 0 radical (unpaired) electrons. The Morgan fingerprint density at radius 1 is 1.27 bits per heavy atom. The molecule has 0 aliphatic carbocycles. The molecule has 0 fully saturated rings. The molecule has 2 aromatic rings. The fourth-order valence-electron chi connectivity index (χ4n) is 1.76. The summed E-state index contributed by atoms with van der Waals surface area (Å²) in [6, 6.07) is 3.40. The van der Waals surface area contributed by atoms with Crippen LogP contribution < -0.4 is 10.6 Å². The molecule has 0 aliphatic heterocycles. The average Bonchev–Trinajstić information content (AvgIpc) is 2.96. The predicted molar refractivity (Wildman–Crippen MR) is 88.4 cm³/mol. The van der Waals surface area contributed by atoms with Crippen molar-refractivity contribution in [1.29, 1.82) is 0 Å². The van der Waals surface area contributed by atoms with Gasteiger partial charge in [0.05, 0.1) is 10.7 Å². The molecule has 0 atom stereocenters. The van der Waals surface area contributed by atoms with Gasteiger partial charge in [-0.2, -0.15) is 0 Å². The van der Waals surface area contributed by atoms with Gasteiger partial charge in [0.2, 0.25) is 0 Å². The van der Waals surface area contributed by atoms with Gasteiger partial charge in [0.15, 0.2) is 5.69 Å². The monoisotopic (exact) mass is 319 g/mol. The van der Waals surface area contributed by atoms with E-state index in [1.807, 2.05) is 0 Å². The van der Waals surface area contributed by atoms with Crippen molar-refractivity contribution >= 4 is 23.1 Å². The van der Waals surface area contributed by atoms with E-state index >= 15 is 0 Å². The van der Waals surface area contributed by atoms with Crippen LogP contribution in [-0.4, -0.2) is 34.7 Å². The Morgan fingerprint density at radius 3 is 2.59 bits per heavy atom. The first-order chi connectivity index (χ1) is 10.4. The molecule has 1 amide bonds. The minimum atomic E-state index is -0.240. The first-order valence-electron chi connectivity index (χ1n) is 7.14. The summed E-state index contributed by atoms with van der Waals surface area (Å²) < 4.78 is 0. The maximum atomic E-state index is 11.4. The number of hydrogen-bond acceptors (Lipinski definition) is 6. The predicted octanol–water partition coefficient (Wildman–Crippen LogP) is 2.24. The molecular formula is C15H21N5OS. The van der Waals surface area contributed by atoms with Crippen LogP contribution in [0.4, 0.5) is 5.82 Å². The van der Waals surface area contributed by atoms with Gasteiger partial charge in [-0.05, 0) is 12.1 Å². The SMILES string of the molecule is CNC(=O)c1ccc(NCCc2csc(C(C)(C)C)n2)nn1. The lowest BCUT2D eigenvalue weighted by Gasteiger charge is -2.13. The van der Waals surface area contributed by atoms with Gasteiger partial charge in [-0.3, -0.25) is 4.79 Å². The van der Waals surface area contributed by atoms with Crippen LogP contribution in [0, 0.1) is 0 Å². The number of aromatic nitrogens is 3. The van der Waals surface area contributed by atoms with E-state index in [0.717, 1.165) is 23.7 Å². The van der Waals surface area contributed by atoms with Crippen molar-refractivity contribution in [2.24, 2.45) is 0 Å². The molecule has 0 bridgehead atoms. The van der Waals surface area contributed by atoms with E-state index in [1.165, 1.54) is 0 Å². The summed E-state index contributed by atoms with van der Waals surface area (Å²) in [6.45, 7) is 7.22. The highest BCUT2D eigenvalue weighted by Gasteiger charge is 2.17. The van der Waals surface area contributed by atoms with Gasteiger partial charge in [-0.25, -0.2) is 4.98 Å². The zero-order valence-corrected chi connectivity index (χ0v) is 14.1. The number of thiazole rings is 1. The van der Waals surface area contributed by atoms with Crippen LogP contribution in [0.3, 0.4) is 0 Å². The van der Waals surface area contributed by atoms with Crippen LogP contribution in [0.15, 0.2) is 17.5 Å². The van der Waals surface area contributed by atoms with Gasteiger partial charge < -0.3 is 10.6 Å². The lowest BCUT2D eigenvalue weighted by Crippen LogP contribution is -2.20. The topological polar surface area (TPSA) is 79.8 Å². The van der Waals surface area contributed by atoms with Crippen LogP contribution in [0.25, 0.3) is 0 Å². The molecule has 0 aromatic carbocycles. The molecule has 2 N–H and O–H groups in total. The van der Waals surface area contributed by atoms with E-state index in [2.05, 4.69) is 52.0 Å². The number of amides is 1. The summed E-state index contributed by atoms with van der Waals surface area (Å²) in [4.78, 5) is 16.0. The highest BCUT2D eigenvalue weighted by atomic mass is 32.1. The van der Waals surface area contributed by atoms with Gasteiger partial charge in [-0.1, -0.05) is 20.8 Å². The molecule has 2 heterocycles. The third kappa shape index (κ3) is 4.24. The largest absolute Gasteiger partial charge is 0.368 e. The van der Waals surface area contributed by atoms with Crippen molar-refractivity contribution in [3.63, 3.8) is 0 Å². The number of carbonyl (C=O) groups is 1. The molecule has 7 heteroatoms. The average molecular weight is 319 g/mol. The van der Waals surface area contributed by atoms with Crippen molar-refractivity contribution in [2.45, 2.75) is 32.6 Å². The smallest absolute Gasteiger partial charge is 0.271 e. The van der Waals surface area contributed by atoms with E-state index in [-0.39, 0.29) is 11.3 Å². The maximum Gasteiger partial charge on any atom is 0.271 e. The molecule has 0 aliphatic rings. The fraction of sp³-hybridized carbons (Fsp3) is 0.467. The Morgan fingerprint density at radius 2 is 2.05 bits per heavy atom. The van der Waals surface area contributed by atoms with Gasteiger partial charge in [0.25, 0.3) is 5.91 Å². The second-order valence-electron chi connectivity index (χ2n) is 5.95. The minimum absolute atomic E-state index is 0.0947. The molecule has 2 rings (SSSR count). The van der Waals surface area contributed by atoms with E-state index in [9.17, 15) is 4.79 Å². The summed E-state index contributed by atoms with van der Waals surface area (Å²) in [5.41, 5.74) is 1.48. The van der Waals surface area contributed by atoms with Crippen LogP contribution in [0.5, 0.6) is 0 Å². The Bertz CT molecular complexity index is 630. The zero-order valence-electron chi connectivity index (χ0n) is 13.3. The number of carbonyl (C=O) groups excluding carboxylic acids is 1. The quantitative estimate of drug-likeness (QED) is 0.883. The first-order valence-corrected chi connectivity index (χ1v) is 8.02. The third-order valence-electron chi connectivity index (χ3n) is 3.00. The lowest BCUT2D eigenvalue weighted by molar-refractivity contribution is 0.0957. The van der Waals surface area contributed by atoms with Gasteiger partial charge in [0.1, 0.15) is 5.82 Å². The summed E-state index contributed by atoms with van der Waals surface area (Å²) >= 11 is 1.70. The number of nitrogens with one attached hydrogen (secondary N) is 2. The normalized spacial score (nSPS) is 11.3. The van der Waals surface area contributed by atoms with Crippen molar-refractivity contribution in [3.8, 4) is 0 Å². The Kier molecular flexibility index (Phi) is 5.07. The van der Waals surface area contributed by atoms with Crippen molar-refractivity contribution in [2.75, 3.05) is 18.9 Å². The zero-order chi connectivity index (χ0) is 16.2. The van der Waals surface area contributed by atoms with E-state index in [4.69, 9.17) is 0 Å². The Labute approximate surface area is 134 Å². The molecule has 0 unspecified atom stereocenters. The van der Waals surface area contributed by atoms with Crippen LogP contribution >= 0.6 is 11.3 Å².